The third-order valence-corrected chi connectivity index (χ3v) is 5.57. The largest absolute Gasteiger partial charge is 0.381 e. The molecule has 1 rings (SSSR count). The minimum atomic E-state index is -0.383. The summed E-state index contributed by atoms with van der Waals surface area (Å²) in [5.41, 5.74) is 1.88. The monoisotopic (exact) mass is 381 g/mol. The lowest BCUT2D eigenvalue weighted by Gasteiger charge is -2.39. The Morgan fingerprint density at radius 2 is 1.81 bits per heavy atom. The molecular weight excluding hydrogens is 345 g/mol. The van der Waals surface area contributed by atoms with Crippen LogP contribution in [0.3, 0.4) is 0 Å². The summed E-state index contributed by atoms with van der Waals surface area (Å²) in [5.74, 6) is 0.834. The third kappa shape index (κ3) is 6.30. The highest BCUT2D eigenvalue weighted by Gasteiger charge is 2.32. The zero-order valence-electron chi connectivity index (χ0n) is 17.7. The van der Waals surface area contributed by atoms with Crippen molar-refractivity contribution < 1.29 is 4.39 Å². The van der Waals surface area contributed by atoms with Crippen LogP contribution in [-0.4, -0.2) is 6.04 Å². The van der Waals surface area contributed by atoms with E-state index in [4.69, 9.17) is 11.6 Å². The van der Waals surface area contributed by atoms with Crippen molar-refractivity contribution in [3.05, 3.63) is 40.7 Å². The van der Waals surface area contributed by atoms with Gasteiger partial charge in [0.2, 0.25) is 0 Å². The van der Waals surface area contributed by atoms with Crippen LogP contribution in [0.25, 0.3) is 5.70 Å². The molecule has 0 heterocycles. The van der Waals surface area contributed by atoms with Crippen LogP contribution in [0.5, 0.6) is 0 Å². The third-order valence-electron chi connectivity index (χ3n) is 5.11. The molecule has 0 amide bonds. The summed E-state index contributed by atoms with van der Waals surface area (Å²) in [4.78, 5) is 0. The van der Waals surface area contributed by atoms with Crippen molar-refractivity contribution in [2.75, 3.05) is 0 Å². The van der Waals surface area contributed by atoms with Gasteiger partial charge in [-0.15, -0.1) is 0 Å². The molecule has 0 saturated carbocycles. The first-order valence-electron chi connectivity index (χ1n) is 9.89. The van der Waals surface area contributed by atoms with Gasteiger partial charge in [-0.1, -0.05) is 78.6 Å². The van der Waals surface area contributed by atoms with E-state index < -0.39 is 0 Å². The Morgan fingerprint density at radius 1 is 1.19 bits per heavy atom. The molecule has 148 valence electrons. The molecule has 0 fully saturated rings. The Labute approximate surface area is 165 Å². The van der Waals surface area contributed by atoms with Gasteiger partial charge in [0.05, 0.1) is 5.02 Å². The van der Waals surface area contributed by atoms with Crippen LogP contribution in [0.4, 0.5) is 4.39 Å². The molecule has 0 saturated heterocycles. The summed E-state index contributed by atoms with van der Waals surface area (Å²) in [6.07, 6.45) is 4.68. The molecule has 0 aliphatic carbocycles. The molecule has 1 aromatic carbocycles. The van der Waals surface area contributed by atoms with E-state index in [0.29, 0.717) is 23.1 Å². The van der Waals surface area contributed by atoms with Gasteiger partial charge in [0.15, 0.2) is 5.82 Å². The minimum Gasteiger partial charge on any atom is -0.381 e. The molecule has 0 aliphatic heterocycles. The van der Waals surface area contributed by atoms with Crippen LogP contribution in [-0.2, 0) is 0 Å². The summed E-state index contributed by atoms with van der Waals surface area (Å²) in [6.45, 7) is 19.5. The number of hydrogen-bond acceptors (Lipinski definition) is 1. The van der Waals surface area contributed by atoms with E-state index >= 15 is 0 Å². The lowest BCUT2D eigenvalue weighted by atomic mass is 9.74. The molecule has 1 nitrogen and oxygen atoms in total. The van der Waals surface area contributed by atoms with E-state index in [2.05, 4.69) is 53.4 Å². The Morgan fingerprint density at radius 3 is 2.31 bits per heavy atom. The van der Waals surface area contributed by atoms with Crippen LogP contribution < -0.4 is 5.32 Å². The Balaban J connectivity index is 3.10. The van der Waals surface area contributed by atoms with Crippen molar-refractivity contribution in [1.82, 2.24) is 5.32 Å². The van der Waals surface area contributed by atoms with Crippen LogP contribution in [0.15, 0.2) is 18.7 Å². The van der Waals surface area contributed by atoms with Crippen molar-refractivity contribution in [3.63, 3.8) is 0 Å². The first-order valence-corrected chi connectivity index (χ1v) is 10.3. The lowest BCUT2D eigenvalue weighted by molar-refractivity contribution is 0.187. The number of benzene rings is 1. The number of halogens is 2. The van der Waals surface area contributed by atoms with Gasteiger partial charge in [-0.2, -0.15) is 0 Å². The Hall–Kier alpha value is -1.02. The van der Waals surface area contributed by atoms with E-state index in [9.17, 15) is 4.39 Å². The van der Waals surface area contributed by atoms with E-state index in [1.165, 1.54) is 12.8 Å². The minimum absolute atomic E-state index is 0.0464. The summed E-state index contributed by atoms with van der Waals surface area (Å²) in [5, 5.41) is 3.76. The Kier molecular flexibility index (Phi) is 8.66. The predicted molar refractivity (Wildman–Crippen MR) is 114 cm³/mol. The summed E-state index contributed by atoms with van der Waals surface area (Å²) in [7, 11) is 0. The highest BCUT2D eigenvalue weighted by Crippen LogP contribution is 2.34. The second kappa shape index (κ2) is 9.78. The van der Waals surface area contributed by atoms with Crippen LogP contribution >= 0.6 is 11.6 Å². The standard InChI is InChI=1S/C23H37ClFN/c1-9-10-18(13-11-15(2)3)22(23(6,7)8)26-17(5)19-14-12-16(4)20(24)21(19)25/h12,14-15,18,22,26H,5,9-11,13H2,1-4,6-8H3. The zero-order valence-corrected chi connectivity index (χ0v) is 18.4. The van der Waals surface area contributed by atoms with Crippen molar-refractivity contribution in [2.45, 2.75) is 80.2 Å². The molecule has 1 aromatic rings. The Bertz CT molecular complexity index is 601. The maximum atomic E-state index is 14.6. The van der Waals surface area contributed by atoms with Crippen molar-refractivity contribution in [1.29, 1.82) is 0 Å². The molecule has 2 unspecified atom stereocenters. The van der Waals surface area contributed by atoms with Crippen molar-refractivity contribution >= 4 is 17.3 Å². The molecule has 0 aromatic heterocycles. The van der Waals surface area contributed by atoms with Crippen LogP contribution in [0.2, 0.25) is 5.02 Å². The number of rotatable bonds is 9. The lowest BCUT2D eigenvalue weighted by Crippen LogP contribution is -2.45. The first kappa shape index (κ1) is 23.0. The van der Waals surface area contributed by atoms with E-state index in [1.807, 2.05) is 13.0 Å². The molecule has 2 atom stereocenters. The highest BCUT2D eigenvalue weighted by atomic mass is 35.5. The van der Waals surface area contributed by atoms with Gasteiger partial charge in [0.25, 0.3) is 0 Å². The maximum Gasteiger partial charge on any atom is 0.151 e. The van der Waals surface area contributed by atoms with Crippen molar-refractivity contribution in [2.24, 2.45) is 17.3 Å². The normalized spacial score (nSPS) is 14.4. The fraction of sp³-hybridized carbons (Fsp3) is 0.652. The van der Waals surface area contributed by atoms with Crippen molar-refractivity contribution in [3.8, 4) is 0 Å². The molecule has 0 radical (unpaired) electrons. The predicted octanol–water partition coefficient (Wildman–Crippen LogP) is 7.62. The van der Waals surface area contributed by atoms with Crippen LogP contribution in [0, 0.1) is 30.0 Å². The maximum absolute atomic E-state index is 14.6. The topological polar surface area (TPSA) is 12.0 Å². The number of hydrogen-bond donors (Lipinski definition) is 1. The molecule has 1 N–H and O–H groups in total. The molecule has 26 heavy (non-hydrogen) atoms. The smallest absolute Gasteiger partial charge is 0.151 e. The molecule has 0 spiro atoms. The average Bonchev–Trinajstić information content (AvgIpc) is 2.53. The van der Waals surface area contributed by atoms with Gasteiger partial charge in [0, 0.05) is 17.3 Å². The van der Waals surface area contributed by atoms with E-state index in [-0.39, 0.29) is 22.3 Å². The second-order valence-electron chi connectivity index (χ2n) is 9.04. The van der Waals surface area contributed by atoms with E-state index in [0.717, 1.165) is 18.4 Å². The van der Waals surface area contributed by atoms with Crippen LogP contribution in [0.1, 0.15) is 78.4 Å². The zero-order chi connectivity index (χ0) is 20.1. The summed E-state index contributed by atoms with van der Waals surface area (Å²) in [6, 6.07) is 3.85. The fourth-order valence-electron chi connectivity index (χ4n) is 3.58. The number of nitrogens with one attached hydrogen (secondary N) is 1. The fourth-order valence-corrected chi connectivity index (χ4v) is 3.75. The molecular formula is C23H37ClFN. The van der Waals surface area contributed by atoms with Gasteiger partial charge >= 0.3 is 0 Å². The van der Waals surface area contributed by atoms with Gasteiger partial charge in [-0.3, -0.25) is 0 Å². The van der Waals surface area contributed by atoms with Gasteiger partial charge in [0.1, 0.15) is 0 Å². The quantitative estimate of drug-likeness (QED) is 0.463. The van der Waals surface area contributed by atoms with Gasteiger partial charge in [-0.05, 0) is 48.6 Å². The molecule has 3 heteroatoms. The van der Waals surface area contributed by atoms with Gasteiger partial charge < -0.3 is 5.32 Å². The van der Waals surface area contributed by atoms with Gasteiger partial charge in [-0.25, -0.2) is 4.39 Å². The highest BCUT2D eigenvalue weighted by molar-refractivity contribution is 6.31. The average molecular weight is 382 g/mol. The van der Waals surface area contributed by atoms with E-state index in [1.54, 1.807) is 6.07 Å². The SMILES string of the molecule is C=C(NC(C(CCC)CCC(C)C)C(C)(C)C)c1ccc(C)c(Cl)c1F. The summed E-state index contributed by atoms with van der Waals surface area (Å²) >= 11 is 6.11. The number of aryl methyl sites for hydroxylation is 1. The summed E-state index contributed by atoms with van der Waals surface area (Å²) < 4.78 is 14.6. The molecule has 0 bridgehead atoms. The second-order valence-corrected chi connectivity index (χ2v) is 9.42. The first-order chi connectivity index (χ1) is 12.0. The molecule has 0 aliphatic rings.